The van der Waals surface area contributed by atoms with Crippen molar-refractivity contribution in [3.63, 3.8) is 0 Å². The number of anilines is 1. The molecule has 5 nitrogen and oxygen atoms in total. The molecule has 4 aromatic rings. The molecule has 0 spiro atoms. The van der Waals surface area contributed by atoms with Gasteiger partial charge in [0.25, 0.3) is 0 Å². The molecule has 0 bridgehead atoms. The Labute approximate surface area is 173 Å². The number of aromatic nitrogens is 2. The number of nitrogens with one attached hydrogen (secondary N) is 2. The van der Waals surface area contributed by atoms with Crippen molar-refractivity contribution in [3.05, 3.63) is 101 Å². The highest BCUT2D eigenvalue weighted by atomic mass is 32.1. The Morgan fingerprint density at radius 3 is 2.41 bits per heavy atom. The summed E-state index contributed by atoms with van der Waals surface area (Å²) in [5.74, 6) is 0. The lowest BCUT2D eigenvalue weighted by Gasteiger charge is -2.08. The number of urea groups is 1. The fraction of sp³-hybridized carbons (Fsp3) is 0.0870. The van der Waals surface area contributed by atoms with E-state index in [1.165, 1.54) is 0 Å². The van der Waals surface area contributed by atoms with E-state index in [-0.39, 0.29) is 6.03 Å². The molecule has 6 heteroatoms. The molecule has 2 N–H and O–H groups in total. The van der Waals surface area contributed by atoms with Crippen molar-refractivity contribution in [2.24, 2.45) is 0 Å². The van der Waals surface area contributed by atoms with E-state index in [1.54, 1.807) is 23.7 Å². The number of hydrogen-bond acceptors (Lipinski definition) is 4. The van der Waals surface area contributed by atoms with Crippen LogP contribution in [0.25, 0.3) is 11.3 Å². The predicted molar refractivity (Wildman–Crippen MR) is 117 cm³/mol. The van der Waals surface area contributed by atoms with Gasteiger partial charge in [0.2, 0.25) is 0 Å². The van der Waals surface area contributed by atoms with E-state index in [0.717, 1.165) is 39.5 Å². The summed E-state index contributed by atoms with van der Waals surface area (Å²) in [7, 11) is 0. The average molecular weight is 401 g/mol. The summed E-state index contributed by atoms with van der Waals surface area (Å²) in [6, 6.07) is 21.5. The molecular weight excluding hydrogens is 380 g/mol. The molecule has 0 aliphatic rings. The lowest BCUT2D eigenvalue weighted by atomic mass is 10.1. The fourth-order valence-corrected chi connectivity index (χ4v) is 3.71. The van der Waals surface area contributed by atoms with E-state index in [1.807, 2.05) is 54.6 Å². The van der Waals surface area contributed by atoms with Gasteiger partial charge < -0.3 is 10.6 Å². The Morgan fingerprint density at radius 2 is 1.66 bits per heavy atom. The maximum Gasteiger partial charge on any atom is 0.319 e. The molecule has 2 amide bonds. The van der Waals surface area contributed by atoms with Crippen LogP contribution in [0.2, 0.25) is 0 Å². The number of carbonyl (C=O) groups is 1. The summed E-state index contributed by atoms with van der Waals surface area (Å²) in [5.41, 5.74) is 5.05. The van der Waals surface area contributed by atoms with Crippen molar-refractivity contribution in [2.75, 3.05) is 5.32 Å². The van der Waals surface area contributed by atoms with Crippen molar-refractivity contribution in [1.82, 2.24) is 15.3 Å². The summed E-state index contributed by atoms with van der Waals surface area (Å²) >= 11 is 1.66. The van der Waals surface area contributed by atoms with E-state index < -0.39 is 0 Å². The molecule has 0 saturated heterocycles. The van der Waals surface area contributed by atoms with Gasteiger partial charge in [-0.15, -0.1) is 11.3 Å². The van der Waals surface area contributed by atoms with Crippen molar-refractivity contribution in [1.29, 1.82) is 0 Å². The Bertz CT molecular complexity index is 1060. The van der Waals surface area contributed by atoms with Crippen LogP contribution in [0.4, 0.5) is 10.5 Å². The first-order valence-electron chi connectivity index (χ1n) is 9.29. The van der Waals surface area contributed by atoms with Crippen molar-refractivity contribution in [2.45, 2.75) is 13.0 Å². The molecule has 144 valence electrons. The van der Waals surface area contributed by atoms with Crippen molar-refractivity contribution in [3.8, 4) is 11.3 Å². The normalized spacial score (nSPS) is 10.5. The van der Waals surface area contributed by atoms with E-state index in [0.29, 0.717) is 6.54 Å². The molecule has 4 rings (SSSR count). The smallest absolute Gasteiger partial charge is 0.319 e. The third-order valence-electron chi connectivity index (χ3n) is 4.39. The van der Waals surface area contributed by atoms with E-state index >= 15 is 0 Å². The summed E-state index contributed by atoms with van der Waals surface area (Å²) in [4.78, 5) is 20.8. The number of rotatable bonds is 6. The Hall–Kier alpha value is -3.51. The summed E-state index contributed by atoms with van der Waals surface area (Å²) in [6.07, 6.45) is 4.18. The minimum absolute atomic E-state index is 0.234. The maximum absolute atomic E-state index is 12.1. The standard InChI is InChI=1S/C23H20N4OS/c28-23(25-15-18-10-12-24-13-11-18)26-20-8-6-17(7-9-20)14-22-27-21(16-29-22)19-4-2-1-3-5-19/h1-13,16H,14-15H2,(H2,25,26,28). The van der Waals surface area contributed by atoms with Crippen LogP contribution in [0.5, 0.6) is 0 Å². The molecule has 2 aromatic carbocycles. The lowest BCUT2D eigenvalue weighted by Crippen LogP contribution is -2.28. The van der Waals surface area contributed by atoms with Crippen LogP contribution in [0.15, 0.2) is 84.5 Å². The largest absolute Gasteiger partial charge is 0.334 e. The van der Waals surface area contributed by atoms with Gasteiger partial charge in [-0.05, 0) is 35.4 Å². The molecule has 0 radical (unpaired) electrons. The first kappa shape index (κ1) is 18.8. The number of amides is 2. The van der Waals surface area contributed by atoms with Gasteiger partial charge >= 0.3 is 6.03 Å². The van der Waals surface area contributed by atoms with Gasteiger partial charge in [0.05, 0.1) is 10.7 Å². The van der Waals surface area contributed by atoms with Crippen molar-refractivity contribution >= 4 is 23.1 Å². The molecular formula is C23H20N4OS. The van der Waals surface area contributed by atoms with Crippen LogP contribution in [0, 0.1) is 0 Å². The number of pyridine rings is 1. The SMILES string of the molecule is O=C(NCc1ccncc1)Nc1ccc(Cc2nc(-c3ccccc3)cs2)cc1. The third-order valence-corrected chi connectivity index (χ3v) is 5.24. The van der Waals surface area contributed by atoms with Gasteiger partial charge in [-0.25, -0.2) is 9.78 Å². The van der Waals surface area contributed by atoms with Gasteiger partial charge in [0.1, 0.15) is 0 Å². The molecule has 0 saturated carbocycles. The predicted octanol–water partition coefficient (Wildman–Crippen LogP) is 5.12. The Balaban J connectivity index is 1.31. The van der Waals surface area contributed by atoms with Crippen LogP contribution in [0.1, 0.15) is 16.1 Å². The van der Waals surface area contributed by atoms with Gasteiger partial charge in [0, 0.05) is 42.0 Å². The van der Waals surface area contributed by atoms with Gasteiger partial charge in [0.15, 0.2) is 0 Å². The fourth-order valence-electron chi connectivity index (χ4n) is 2.87. The lowest BCUT2D eigenvalue weighted by molar-refractivity contribution is 0.251. The van der Waals surface area contributed by atoms with Gasteiger partial charge in [-0.2, -0.15) is 0 Å². The molecule has 2 heterocycles. The van der Waals surface area contributed by atoms with Crippen LogP contribution >= 0.6 is 11.3 Å². The van der Waals surface area contributed by atoms with E-state index in [9.17, 15) is 4.79 Å². The first-order valence-corrected chi connectivity index (χ1v) is 10.2. The second kappa shape index (κ2) is 9.12. The topological polar surface area (TPSA) is 66.9 Å². The minimum Gasteiger partial charge on any atom is -0.334 e. The second-order valence-corrected chi connectivity index (χ2v) is 7.47. The van der Waals surface area contributed by atoms with Crippen LogP contribution < -0.4 is 10.6 Å². The summed E-state index contributed by atoms with van der Waals surface area (Å²) in [5, 5.41) is 8.84. The van der Waals surface area contributed by atoms with Crippen LogP contribution in [-0.4, -0.2) is 16.0 Å². The number of nitrogens with zero attached hydrogens (tertiary/aromatic N) is 2. The molecule has 0 unspecified atom stereocenters. The molecule has 0 aliphatic heterocycles. The molecule has 0 fully saturated rings. The molecule has 0 atom stereocenters. The zero-order chi connectivity index (χ0) is 19.9. The highest BCUT2D eigenvalue weighted by Gasteiger charge is 2.06. The third kappa shape index (κ3) is 5.27. The zero-order valence-corrected chi connectivity index (χ0v) is 16.5. The number of thiazole rings is 1. The van der Waals surface area contributed by atoms with Crippen molar-refractivity contribution < 1.29 is 4.79 Å². The van der Waals surface area contributed by atoms with E-state index in [4.69, 9.17) is 4.98 Å². The number of benzene rings is 2. The van der Waals surface area contributed by atoms with E-state index in [2.05, 4.69) is 33.1 Å². The highest BCUT2D eigenvalue weighted by molar-refractivity contribution is 7.10. The first-order chi connectivity index (χ1) is 14.3. The Kier molecular flexibility index (Phi) is 5.92. The highest BCUT2D eigenvalue weighted by Crippen LogP contribution is 2.23. The van der Waals surface area contributed by atoms with Gasteiger partial charge in [-0.3, -0.25) is 4.98 Å². The Morgan fingerprint density at radius 1 is 0.897 bits per heavy atom. The molecule has 29 heavy (non-hydrogen) atoms. The van der Waals surface area contributed by atoms with Crippen LogP contribution in [0.3, 0.4) is 0 Å². The summed E-state index contributed by atoms with van der Waals surface area (Å²) in [6.45, 7) is 0.459. The number of carbonyl (C=O) groups excluding carboxylic acids is 1. The van der Waals surface area contributed by atoms with Crippen LogP contribution in [-0.2, 0) is 13.0 Å². The second-order valence-electron chi connectivity index (χ2n) is 6.53. The summed E-state index contributed by atoms with van der Waals surface area (Å²) < 4.78 is 0. The van der Waals surface area contributed by atoms with Gasteiger partial charge in [-0.1, -0.05) is 42.5 Å². The molecule has 2 aromatic heterocycles. The minimum atomic E-state index is -0.234. The quantitative estimate of drug-likeness (QED) is 0.472. The monoisotopic (exact) mass is 400 g/mol. The molecule has 0 aliphatic carbocycles. The maximum atomic E-state index is 12.1. The number of hydrogen-bond donors (Lipinski definition) is 2. The average Bonchev–Trinajstić information content (AvgIpc) is 3.24. The zero-order valence-electron chi connectivity index (χ0n) is 15.7.